The summed E-state index contributed by atoms with van der Waals surface area (Å²) in [4.78, 5) is 0. The zero-order valence-corrected chi connectivity index (χ0v) is 11.0. The number of halogens is 5. The number of hydrogen-bond acceptors (Lipinski definition) is 1. The molecule has 0 bridgehead atoms. The number of benzene rings is 2. The number of nitrogen functional groups attached to an aromatic ring is 1. The Morgan fingerprint density at radius 3 is 2.06 bits per heavy atom. The summed E-state index contributed by atoms with van der Waals surface area (Å²) in [6, 6.07) is 5.11. The number of rotatable bonds is 1. The van der Waals surface area contributed by atoms with Crippen LogP contribution in [-0.4, -0.2) is 0 Å². The van der Waals surface area contributed by atoms with Crippen molar-refractivity contribution < 1.29 is 8.78 Å². The van der Waals surface area contributed by atoms with Crippen LogP contribution in [0.2, 0.25) is 15.1 Å². The average Bonchev–Trinajstić information content (AvgIpc) is 2.28. The molecule has 0 radical (unpaired) electrons. The summed E-state index contributed by atoms with van der Waals surface area (Å²) in [7, 11) is 0. The van der Waals surface area contributed by atoms with Crippen molar-refractivity contribution in [3.63, 3.8) is 0 Å². The second-order valence-electron chi connectivity index (χ2n) is 3.57. The van der Waals surface area contributed by atoms with Gasteiger partial charge in [-0.1, -0.05) is 34.8 Å². The van der Waals surface area contributed by atoms with Gasteiger partial charge in [0.1, 0.15) is 11.5 Å². The zero-order valence-electron chi connectivity index (χ0n) is 8.78. The van der Waals surface area contributed by atoms with Gasteiger partial charge >= 0.3 is 0 Å². The smallest absolute Gasteiger partial charge is 0.157 e. The van der Waals surface area contributed by atoms with Crippen molar-refractivity contribution in [1.82, 2.24) is 0 Å². The topological polar surface area (TPSA) is 26.0 Å². The van der Waals surface area contributed by atoms with E-state index in [0.717, 1.165) is 6.07 Å². The quantitative estimate of drug-likeness (QED) is 0.722. The molecule has 0 aliphatic heterocycles. The molecule has 0 saturated carbocycles. The molecule has 2 aromatic carbocycles. The van der Waals surface area contributed by atoms with Crippen molar-refractivity contribution in [3.05, 3.63) is 51.0 Å². The van der Waals surface area contributed by atoms with Crippen LogP contribution in [0.5, 0.6) is 0 Å². The van der Waals surface area contributed by atoms with Crippen LogP contribution in [0.3, 0.4) is 0 Å². The van der Waals surface area contributed by atoms with Crippen LogP contribution in [0.25, 0.3) is 11.1 Å². The SMILES string of the molecule is Nc1c(F)ccc(-c2c(Cl)cc(Cl)cc2Cl)c1F. The van der Waals surface area contributed by atoms with Gasteiger partial charge in [0.2, 0.25) is 0 Å². The van der Waals surface area contributed by atoms with Crippen molar-refractivity contribution in [1.29, 1.82) is 0 Å². The molecule has 0 aromatic heterocycles. The summed E-state index contributed by atoms with van der Waals surface area (Å²) in [6.07, 6.45) is 0. The summed E-state index contributed by atoms with van der Waals surface area (Å²) in [5.41, 5.74) is 4.97. The van der Waals surface area contributed by atoms with E-state index in [-0.39, 0.29) is 21.2 Å². The standard InChI is InChI=1S/C12H6Cl3F2N/c13-5-3-7(14)10(8(15)4-5)6-1-2-9(16)12(18)11(6)17/h1-4H,18H2. The third-order valence-electron chi connectivity index (χ3n) is 2.40. The van der Waals surface area contributed by atoms with E-state index in [0.29, 0.717) is 5.02 Å². The maximum absolute atomic E-state index is 13.9. The van der Waals surface area contributed by atoms with Gasteiger partial charge in [-0.15, -0.1) is 0 Å². The van der Waals surface area contributed by atoms with E-state index in [4.69, 9.17) is 40.5 Å². The highest BCUT2D eigenvalue weighted by Gasteiger charge is 2.17. The van der Waals surface area contributed by atoms with Gasteiger partial charge in [-0.2, -0.15) is 0 Å². The van der Waals surface area contributed by atoms with Crippen molar-refractivity contribution in [3.8, 4) is 11.1 Å². The Kier molecular flexibility index (Phi) is 3.66. The highest BCUT2D eigenvalue weighted by molar-refractivity contribution is 6.41. The highest BCUT2D eigenvalue weighted by Crippen LogP contribution is 2.39. The Balaban J connectivity index is 2.74. The van der Waals surface area contributed by atoms with Crippen LogP contribution >= 0.6 is 34.8 Å². The zero-order chi connectivity index (χ0) is 13.4. The minimum atomic E-state index is -0.902. The molecule has 2 N–H and O–H groups in total. The molecule has 2 rings (SSSR count). The van der Waals surface area contributed by atoms with E-state index >= 15 is 0 Å². The molecular weight excluding hydrogens is 302 g/mol. The Hall–Kier alpha value is -1.03. The first kappa shape index (κ1) is 13.4. The third kappa shape index (κ3) is 2.26. The second kappa shape index (κ2) is 4.92. The van der Waals surface area contributed by atoms with Crippen LogP contribution in [0.4, 0.5) is 14.5 Å². The lowest BCUT2D eigenvalue weighted by atomic mass is 10.0. The molecule has 6 heteroatoms. The minimum Gasteiger partial charge on any atom is -0.394 e. The first-order chi connectivity index (χ1) is 8.41. The maximum Gasteiger partial charge on any atom is 0.157 e. The van der Waals surface area contributed by atoms with Crippen molar-refractivity contribution in [2.24, 2.45) is 0 Å². The molecular formula is C12H6Cl3F2N. The molecule has 0 unspecified atom stereocenters. The fourth-order valence-electron chi connectivity index (χ4n) is 1.56. The van der Waals surface area contributed by atoms with Gasteiger partial charge < -0.3 is 5.73 Å². The van der Waals surface area contributed by atoms with Crippen molar-refractivity contribution >= 4 is 40.5 Å². The molecule has 0 spiro atoms. The lowest BCUT2D eigenvalue weighted by molar-refractivity contribution is 0.594. The summed E-state index contributed by atoms with van der Waals surface area (Å²) in [6.45, 7) is 0. The van der Waals surface area contributed by atoms with Gasteiger partial charge in [0.05, 0.1) is 10.0 Å². The van der Waals surface area contributed by atoms with Gasteiger partial charge in [-0.05, 0) is 24.3 Å². The van der Waals surface area contributed by atoms with E-state index in [1.165, 1.54) is 18.2 Å². The molecule has 0 aliphatic rings. The Morgan fingerprint density at radius 1 is 0.944 bits per heavy atom. The van der Waals surface area contributed by atoms with E-state index < -0.39 is 17.3 Å². The Morgan fingerprint density at radius 2 is 1.50 bits per heavy atom. The van der Waals surface area contributed by atoms with Crippen molar-refractivity contribution in [2.45, 2.75) is 0 Å². The number of nitrogens with two attached hydrogens (primary N) is 1. The lowest BCUT2D eigenvalue weighted by Gasteiger charge is -2.10. The molecule has 18 heavy (non-hydrogen) atoms. The molecule has 94 valence electrons. The summed E-state index contributed by atoms with van der Waals surface area (Å²) < 4.78 is 27.0. The first-order valence-electron chi connectivity index (χ1n) is 4.80. The predicted octanol–water partition coefficient (Wildman–Crippen LogP) is 5.17. The van der Waals surface area contributed by atoms with Gasteiger partial charge in [-0.3, -0.25) is 0 Å². The van der Waals surface area contributed by atoms with Gasteiger partial charge in [0.25, 0.3) is 0 Å². The number of anilines is 1. The van der Waals surface area contributed by atoms with E-state index in [2.05, 4.69) is 0 Å². The normalized spacial score (nSPS) is 10.7. The average molecular weight is 309 g/mol. The molecule has 0 aliphatic carbocycles. The Labute approximate surface area is 117 Å². The predicted molar refractivity (Wildman–Crippen MR) is 71.2 cm³/mol. The summed E-state index contributed by atoms with van der Waals surface area (Å²) in [5.74, 6) is -1.74. The maximum atomic E-state index is 13.9. The minimum absolute atomic E-state index is 0.0283. The lowest BCUT2D eigenvalue weighted by Crippen LogP contribution is -1.98. The monoisotopic (exact) mass is 307 g/mol. The van der Waals surface area contributed by atoms with Gasteiger partial charge in [0.15, 0.2) is 5.82 Å². The first-order valence-corrected chi connectivity index (χ1v) is 5.93. The van der Waals surface area contributed by atoms with E-state index in [9.17, 15) is 8.78 Å². The fourth-order valence-corrected chi connectivity index (χ4v) is 2.58. The molecule has 0 heterocycles. The highest BCUT2D eigenvalue weighted by atomic mass is 35.5. The van der Waals surface area contributed by atoms with Crippen LogP contribution < -0.4 is 5.73 Å². The van der Waals surface area contributed by atoms with Gasteiger partial charge in [0, 0.05) is 16.1 Å². The van der Waals surface area contributed by atoms with Crippen LogP contribution in [0.15, 0.2) is 24.3 Å². The molecule has 0 amide bonds. The fraction of sp³-hybridized carbons (Fsp3) is 0. The summed E-state index contributed by atoms with van der Waals surface area (Å²) >= 11 is 17.7. The van der Waals surface area contributed by atoms with Crippen LogP contribution in [0, 0.1) is 11.6 Å². The molecule has 0 atom stereocenters. The molecule has 0 fully saturated rings. The second-order valence-corrected chi connectivity index (χ2v) is 4.82. The largest absolute Gasteiger partial charge is 0.394 e. The summed E-state index contributed by atoms with van der Waals surface area (Å²) in [5, 5.41) is 0.652. The van der Waals surface area contributed by atoms with Crippen LogP contribution in [-0.2, 0) is 0 Å². The van der Waals surface area contributed by atoms with Crippen LogP contribution in [0.1, 0.15) is 0 Å². The van der Waals surface area contributed by atoms with E-state index in [1.54, 1.807) is 0 Å². The van der Waals surface area contributed by atoms with Gasteiger partial charge in [-0.25, -0.2) is 8.78 Å². The van der Waals surface area contributed by atoms with Crippen molar-refractivity contribution in [2.75, 3.05) is 5.73 Å². The molecule has 1 nitrogen and oxygen atoms in total. The van der Waals surface area contributed by atoms with E-state index in [1.807, 2.05) is 0 Å². The number of hydrogen-bond donors (Lipinski definition) is 1. The Bertz CT molecular complexity index is 606. The molecule has 0 saturated heterocycles. The molecule has 2 aromatic rings. The third-order valence-corrected chi connectivity index (χ3v) is 3.22.